The Morgan fingerprint density at radius 1 is 1.39 bits per heavy atom. The highest BCUT2D eigenvalue weighted by molar-refractivity contribution is 9.10. The minimum atomic E-state index is -5.22. The van der Waals surface area contributed by atoms with Crippen LogP contribution in [-0.2, 0) is 4.79 Å². The summed E-state index contributed by atoms with van der Waals surface area (Å²) in [6, 6.07) is 1.08. The number of anilines is 1. The Morgan fingerprint density at radius 2 is 1.94 bits per heavy atom. The number of amides is 1. The van der Waals surface area contributed by atoms with E-state index in [1.807, 2.05) is 0 Å². The van der Waals surface area contributed by atoms with Crippen molar-refractivity contribution < 1.29 is 27.3 Å². The van der Waals surface area contributed by atoms with Crippen LogP contribution in [0.5, 0.6) is 0 Å². The van der Waals surface area contributed by atoms with Gasteiger partial charge in [0.25, 0.3) is 5.69 Å². The van der Waals surface area contributed by atoms with Crippen molar-refractivity contribution in [3.63, 3.8) is 0 Å². The number of benzene rings is 1. The Bertz CT molecular complexity index is 518. The van der Waals surface area contributed by atoms with Crippen LogP contribution in [0.1, 0.15) is 0 Å². The molecule has 0 aliphatic heterocycles. The number of nitro benzene ring substituents is 1. The van der Waals surface area contributed by atoms with Gasteiger partial charge in [-0.3, -0.25) is 14.9 Å². The molecule has 1 rings (SSSR count). The Balaban J connectivity index is 3.20. The zero-order valence-electron chi connectivity index (χ0n) is 8.22. The summed E-state index contributed by atoms with van der Waals surface area (Å²) in [5.41, 5.74) is -1.73. The third-order valence-electron chi connectivity index (χ3n) is 1.74. The number of rotatable bonds is 2. The number of carbonyl (C=O) groups is 1. The van der Waals surface area contributed by atoms with E-state index in [2.05, 4.69) is 15.9 Å². The van der Waals surface area contributed by atoms with Gasteiger partial charge in [-0.15, -0.1) is 0 Å². The average Bonchev–Trinajstić information content (AvgIpc) is 2.21. The molecule has 0 aliphatic carbocycles. The molecule has 0 saturated heterocycles. The Morgan fingerprint density at radius 3 is 2.39 bits per heavy atom. The van der Waals surface area contributed by atoms with Crippen LogP contribution in [0.3, 0.4) is 0 Å². The molecule has 98 valence electrons. The van der Waals surface area contributed by atoms with E-state index in [-0.39, 0.29) is 4.47 Å². The number of nitro groups is 1. The largest absolute Gasteiger partial charge is 0.471 e. The van der Waals surface area contributed by atoms with Crippen LogP contribution >= 0.6 is 15.9 Å². The van der Waals surface area contributed by atoms with Gasteiger partial charge in [0.2, 0.25) is 0 Å². The van der Waals surface area contributed by atoms with E-state index in [1.165, 1.54) is 5.32 Å². The standard InChI is InChI=1S/C8H3BrF4N2O3/c9-3-1-6(15(17)18)5(2-4(3)10)14-7(16)8(11,12)13/h1-2H,(H,14,16). The first kappa shape index (κ1) is 14.4. The highest BCUT2D eigenvalue weighted by Crippen LogP contribution is 2.31. The molecule has 0 bridgehead atoms. The normalized spacial score (nSPS) is 11.2. The number of hydrogen-bond donors (Lipinski definition) is 1. The van der Waals surface area contributed by atoms with E-state index in [1.54, 1.807) is 0 Å². The molecule has 0 spiro atoms. The Kier molecular flexibility index (Phi) is 3.89. The quantitative estimate of drug-likeness (QED) is 0.514. The highest BCUT2D eigenvalue weighted by Gasteiger charge is 2.39. The Labute approximate surface area is 105 Å². The summed E-state index contributed by atoms with van der Waals surface area (Å²) in [5, 5.41) is 11.8. The lowest BCUT2D eigenvalue weighted by molar-refractivity contribution is -0.384. The predicted molar refractivity (Wildman–Crippen MR) is 55.4 cm³/mol. The van der Waals surface area contributed by atoms with E-state index in [9.17, 15) is 32.5 Å². The maximum atomic E-state index is 13.1. The van der Waals surface area contributed by atoms with Crippen molar-refractivity contribution in [3.05, 3.63) is 32.5 Å². The van der Waals surface area contributed by atoms with Gasteiger partial charge in [-0.2, -0.15) is 13.2 Å². The number of hydrogen-bond acceptors (Lipinski definition) is 3. The highest BCUT2D eigenvalue weighted by atomic mass is 79.9. The van der Waals surface area contributed by atoms with E-state index in [4.69, 9.17) is 0 Å². The first-order valence-corrected chi connectivity index (χ1v) is 4.94. The second-order valence-electron chi connectivity index (χ2n) is 2.99. The first-order valence-electron chi connectivity index (χ1n) is 4.14. The van der Waals surface area contributed by atoms with Crippen LogP contribution in [0.4, 0.5) is 28.9 Å². The van der Waals surface area contributed by atoms with Gasteiger partial charge in [0.05, 0.1) is 9.40 Å². The van der Waals surface area contributed by atoms with Gasteiger partial charge in [0, 0.05) is 12.1 Å². The fourth-order valence-corrected chi connectivity index (χ4v) is 1.31. The second kappa shape index (κ2) is 4.88. The van der Waals surface area contributed by atoms with Crippen LogP contribution in [0.2, 0.25) is 0 Å². The van der Waals surface area contributed by atoms with Gasteiger partial charge < -0.3 is 5.32 Å². The summed E-state index contributed by atoms with van der Waals surface area (Å²) >= 11 is 2.64. The third-order valence-corrected chi connectivity index (χ3v) is 2.35. The molecule has 5 nitrogen and oxygen atoms in total. The van der Waals surface area contributed by atoms with Gasteiger partial charge >= 0.3 is 12.1 Å². The van der Waals surface area contributed by atoms with Crippen molar-refractivity contribution in [1.82, 2.24) is 0 Å². The fraction of sp³-hybridized carbons (Fsp3) is 0.125. The number of nitrogens with one attached hydrogen (secondary N) is 1. The molecule has 0 unspecified atom stereocenters. The Hall–Kier alpha value is -1.71. The van der Waals surface area contributed by atoms with E-state index >= 15 is 0 Å². The molecule has 1 aromatic carbocycles. The minimum absolute atomic E-state index is 0.306. The zero-order chi connectivity index (χ0) is 14.1. The molecule has 1 amide bonds. The maximum Gasteiger partial charge on any atom is 0.471 e. The third kappa shape index (κ3) is 3.15. The summed E-state index contributed by atoms with van der Waals surface area (Å²) in [6.45, 7) is 0. The number of nitrogens with zero attached hydrogens (tertiary/aromatic N) is 1. The van der Waals surface area contributed by atoms with E-state index < -0.39 is 34.2 Å². The summed E-state index contributed by atoms with van der Waals surface area (Å²) < 4.78 is 48.6. The average molecular weight is 331 g/mol. The molecule has 0 atom stereocenters. The molecule has 0 radical (unpaired) electrons. The molecule has 10 heteroatoms. The van der Waals surface area contributed by atoms with Crippen LogP contribution in [0, 0.1) is 15.9 Å². The molecule has 0 aliphatic rings. The molecular weight excluding hydrogens is 328 g/mol. The van der Waals surface area contributed by atoms with Crippen molar-refractivity contribution in [1.29, 1.82) is 0 Å². The molecule has 0 fully saturated rings. The lowest BCUT2D eigenvalue weighted by Gasteiger charge is -2.08. The molecule has 18 heavy (non-hydrogen) atoms. The molecular formula is C8H3BrF4N2O3. The zero-order valence-corrected chi connectivity index (χ0v) is 9.80. The summed E-state index contributed by atoms with van der Waals surface area (Å²) in [5.74, 6) is -3.47. The van der Waals surface area contributed by atoms with Gasteiger partial charge in [-0.25, -0.2) is 4.39 Å². The summed E-state index contributed by atoms with van der Waals surface area (Å²) in [6.07, 6.45) is -5.22. The molecule has 0 aromatic heterocycles. The van der Waals surface area contributed by atoms with Crippen molar-refractivity contribution >= 4 is 33.2 Å². The summed E-state index contributed by atoms with van der Waals surface area (Å²) in [7, 11) is 0. The van der Waals surface area contributed by atoms with Crippen LogP contribution in [0.25, 0.3) is 0 Å². The fourth-order valence-electron chi connectivity index (χ4n) is 0.981. The van der Waals surface area contributed by atoms with E-state index in [0.717, 1.165) is 0 Å². The summed E-state index contributed by atoms with van der Waals surface area (Å²) in [4.78, 5) is 20.1. The van der Waals surface area contributed by atoms with Gasteiger partial charge in [-0.1, -0.05) is 0 Å². The van der Waals surface area contributed by atoms with Gasteiger partial charge in [0.1, 0.15) is 11.5 Å². The topological polar surface area (TPSA) is 72.2 Å². The van der Waals surface area contributed by atoms with Crippen LogP contribution < -0.4 is 5.32 Å². The van der Waals surface area contributed by atoms with Gasteiger partial charge in [0.15, 0.2) is 0 Å². The number of halogens is 5. The van der Waals surface area contributed by atoms with Gasteiger partial charge in [-0.05, 0) is 15.9 Å². The minimum Gasteiger partial charge on any atom is -0.312 e. The van der Waals surface area contributed by atoms with Crippen molar-refractivity contribution in [3.8, 4) is 0 Å². The van der Waals surface area contributed by atoms with Crippen LogP contribution in [0.15, 0.2) is 16.6 Å². The lowest BCUT2D eigenvalue weighted by Crippen LogP contribution is -2.30. The second-order valence-corrected chi connectivity index (χ2v) is 3.85. The first-order chi connectivity index (χ1) is 8.12. The predicted octanol–water partition coefficient (Wildman–Crippen LogP) is 3.00. The smallest absolute Gasteiger partial charge is 0.312 e. The SMILES string of the molecule is O=C(Nc1cc(F)c(Br)cc1[N+](=O)[O-])C(F)(F)F. The molecule has 0 saturated carbocycles. The molecule has 1 N–H and O–H groups in total. The number of carbonyl (C=O) groups excluding carboxylic acids is 1. The van der Waals surface area contributed by atoms with E-state index in [0.29, 0.717) is 12.1 Å². The van der Waals surface area contributed by atoms with Crippen molar-refractivity contribution in [2.45, 2.75) is 6.18 Å². The van der Waals surface area contributed by atoms with Crippen LogP contribution in [-0.4, -0.2) is 17.0 Å². The van der Waals surface area contributed by atoms with Crippen molar-refractivity contribution in [2.24, 2.45) is 0 Å². The monoisotopic (exact) mass is 330 g/mol. The lowest BCUT2D eigenvalue weighted by atomic mass is 10.2. The molecule has 0 heterocycles. The number of alkyl halides is 3. The van der Waals surface area contributed by atoms with Crippen molar-refractivity contribution in [2.75, 3.05) is 5.32 Å². The maximum absolute atomic E-state index is 13.1. The molecule has 1 aromatic rings.